The summed E-state index contributed by atoms with van der Waals surface area (Å²) < 4.78 is 1.06. The molecule has 1 aliphatic heterocycles. The van der Waals surface area contributed by atoms with Gasteiger partial charge < -0.3 is 15.5 Å². The summed E-state index contributed by atoms with van der Waals surface area (Å²) in [6.07, 6.45) is -0.889. The number of benzene rings is 3. The second kappa shape index (κ2) is 9.56. The Labute approximate surface area is 211 Å². The highest BCUT2D eigenvalue weighted by atomic mass is 127. The van der Waals surface area contributed by atoms with Gasteiger partial charge in [0.1, 0.15) is 0 Å². The lowest BCUT2D eigenvalue weighted by Gasteiger charge is -2.22. The average molecular weight is 575 g/mol. The molecule has 5 nitrogen and oxygen atoms in total. The molecule has 1 aliphatic rings. The van der Waals surface area contributed by atoms with Gasteiger partial charge in [-0.1, -0.05) is 48.0 Å². The third-order valence-electron chi connectivity index (χ3n) is 5.23. The van der Waals surface area contributed by atoms with Crippen molar-refractivity contribution < 1.29 is 4.79 Å². The van der Waals surface area contributed by atoms with E-state index >= 15 is 0 Å². The van der Waals surface area contributed by atoms with E-state index in [2.05, 4.69) is 33.2 Å². The van der Waals surface area contributed by atoms with Gasteiger partial charge in [0.15, 0.2) is 5.11 Å². The number of anilines is 2. The summed E-state index contributed by atoms with van der Waals surface area (Å²) in [7, 11) is 1.75. The van der Waals surface area contributed by atoms with Crippen LogP contribution < -0.4 is 15.5 Å². The minimum atomic E-state index is -0.889. The summed E-state index contributed by atoms with van der Waals surface area (Å²) in [5.41, 5.74) is 5.00. The largest absolute Gasteiger partial charge is 0.333 e. The van der Waals surface area contributed by atoms with E-state index in [1.54, 1.807) is 11.9 Å². The van der Waals surface area contributed by atoms with Crippen LogP contribution in [0, 0.1) is 10.5 Å². The molecule has 8 heteroatoms. The summed E-state index contributed by atoms with van der Waals surface area (Å²) in [4.78, 5) is 19.8. The lowest BCUT2D eigenvalue weighted by Crippen LogP contribution is -2.47. The van der Waals surface area contributed by atoms with E-state index in [4.69, 9.17) is 28.8 Å². The number of nitrogens with zero attached hydrogens (tertiary/aromatic N) is 2. The predicted molar refractivity (Wildman–Crippen MR) is 144 cm³/mol. The maximum absolute atomic E-state index is 13.3. The van der Waals surface area contributed by atoms with Crippen LogP contribution in [-0.2, 0) is 4.79 Å². The molecule has 0 saturated heterocycles. The van der Waals surface area contributed by atoms with E-state index in [1.807, 2.05) is 73.7 Å². The maximum Gasteiger partial charge on any atom is 0.272 e. The average Bonchev–Trinajstić information content (AvgIpc) is 2.88. The Hall–Kier alpha value is -2.49. The molecule has 162 valence electrons. The summed E-state index contributed by atoms with van der Waals surface area (Å²) in [5, 5.41) is 7.14. The fourth-order valence-corrected chi connectivity index (χ4v) is 4.38. The van der Waals surface area contributed by atoms with Gasteiger partial charge in [0.25, 0.3) is 5.91 Å². The quantitative estimate of drug-likeness (QED) is 0.326. The van der Waals surface area contributed by atoms with Gasteiger partial charge in [-0.25, -0.2) is 4.99 Å². The number of halogens is 2. The molecule has 0 radical (unpaired) electrons. The summed E-state index contributed by atoms with van der Waals surface area (Å²) in [5.74, 6) is -0.203. The van der Waals surface area contributed by atoms with E-state index in [0.717, 1.165) is 37.3 Å². The number of hydrogen-bond donors (Lipinski definition) is 2. The van der Waals surface area contributed by atoms with E-state index in [0.29, 0.717) is 10.1 Å². The molecule has 1 heterocycles. The van der Waals surface area contributed by atoms with Gasteiger partial charge in [0.05, 0.1) is 11.4 Å². The molecule has 2 N–H and O–H groups in total. The molecule has 3 aromatic rings. The molecular formula is C24H20ClIN4OS. The number of nitrogens with one attached hydrogen (secondary N) is 2. The van der Waals surface area contributed by atoms with Crippen LogP contribution in [0.3, 0.4) is 0 Å². The fraction of sp³-hybridized carbons (Fsp3) is 0.125. The van der Waals surface area contributed by atoms with Gasteiger partial charge in [0.2, 0.25) is 6.17 Å². The number of hydrogen-bond acceptors (Lipinski definition) is 3. The highest BCUT2D eigenvalue weighted by molar-refractivity contribution is 14.1. The van der Waals surface area contributed by atoms with Crippen LogP contribution in [0.5, 0.6) is 0 Å². The SMILES string of the molecule is Cc1c(Cl)cccc1NC(=S)NC1N=C(c2ccccc2)c2cc(I)ccc2N(C)C1=O. The number of fused-ring (bicyclic) bond motifs is 1. The first-order valence-electron chi connectivity index (χ1n) is 9.88. The zero-order valence-electron chi connectivity index (χ0n) is 17.4. The lowest BCUT2D eigenvalue weighted by atomic mass is 10.0. The number of likely N-dealkylation sites (N-methyl/N-ethyl adjacent to an activating group) is 1. The Morgan fingerprint density at radius 1 is 1.12 bits per heavy atom. The van der Waals surface area contributed by atoms with Gasteiger partial charge in [-0.15, -0.1) is 0 Å². The molecule has 0 aliphatic carbocycles. The molecular weight excluding hydrogens is 555 g/mol. The Morgan fingerprint density at radius 3 is 2.62 bits per heavy atom. The van der Waals surface area contributed by atoms with Crippen molar-refractivity contribution in [3.63, 3.8) is 0 Å². The molecule has 0 spiro atoms. The van der Waals surface area contributed by atoms with Crippen LogP contribution in [-0.4, -0.2) is 29.9 Å². The molecule has 0 bridgehead atoms. The number of benzodiazepines with no additional fused rings is 1. The van der Waals surface area contributed by atoms with Crippen molar-refractivity contribution in [2.45, 2.75) is 13.1 Å². The second-order valence-corrected chi connectivity index (χ2v) is 9.38. The first-order chi connectivity index (χ1) is 15.3. The second-order valence-electron chi connectivity index (χ2n) is 7.32. The molecule has 0 fully saturated rings. The number of carbonyl (C=O) groups excluding carboxylic acids is 1. The maximum atomic E-state index is 13.3. The van der Waals surface area contributed by atoms with Crippen LogP contribution in [0.2, 0.25) is 5.02 Å². The van der Waals surface area contributed by atoms with E-state index in [1.165, 1.54) is 0 Å². The normalized spacial score (nSPS) is 15.5. The van der Waals surface area contributed by atoms with Crippen molar-refractivity contribution in [1.82, 2.24) is 5.32 Å². The highest BCUT2D eigenvalue weighted by Crippen LogP contribution is 2.29. The number of aliphatic imine (C=N–C) groups is 1. The summed E-state index contributed by atoms with van der Waals surface area (Å²) >= 11 is 14.0. The van der Waals surface area contributed by atoms with Crippen molar-refractivity contribution >= 4 is 74.5 Å². The molecule has 32 heavy (non-hydrogen) atoms. The molecule has 0 aromatic heterocycles. The Balaban J connectivity index is 1.72. The number of amides is 1. The van der Waals surface area contributed by atoms with E-state index in [9.17, 15) is 4.79 Å². The van der Waals surface area contributed by atoms with Gasteiger partial charge in [0, 0.05) is 32.5 Å². The minimum Gasteiger partial charge on any atom is -0.333 e. The van der Waals surface area contributed by atoms with Crippen molar-refractivity contribution in [3.8, 4) is 0 Å². The summed E-state index contributed by atoms with van der Waals surface area (Å²) in [6.45, 7) is 1.90. The first-order valence-corrected chi connectivity index (χ1v) is 11.7. The van der Waals surface area contributed by atoms with Crippen molar-refractivity contribution in [3.05, 3.63) is 92.0 Å². The van der Waals surface area contributed by atoms with Crippen molar-refractivity contribution in [2.75, 3.05) is 17.3 Å². The van der Waals surface area contributed by atoms with Crippen LogP contribution in [0.4, 0.5) is 11.4 Å². The topological polar surface area (TPSA) is 56.7 Å². The first kappa shape index (κ1) is 22.7. The third kappa shape index (κ3) is 4.65. The Bertz CT molecular complexity index is 1230. The van der Waals surface area contributed by atoms with Gasteiger partial charge in [-0.3, -0.25) is 4.79 Å². The van der Waals surface area contributed by atoms with E-state index < -0.39 is 6.17 Å². The standard InChI is InChI=1S/C24H20ClIN4OS/c1-14-18(25)9-6-10-19(14)27-24(32)29-22-23(31)30(2)20-12-11-16(26)13-17(20)21(28-22)15-7-4-3-5-8-15/h3-13,22H,1-2H3,(H2,27,29,32). The van der Waals surface area contributed by atoms with Crippen molar-refractivity contribution in [2.24, 2.45) is 4.99 Å². The van der Waals surface area contributed by atoms with Crippen LogP contribution in [0.15, 0.2) is 71.7 Å². The smallest absolute Gasteiger partial charge is 0.272 e. The minimum absolute atomic E-state index is 0.203. The molecule has 0 saturated carbocycles. The Kier molecular flexibility index (Phi) is 6.78. The number of rotatable bonds is 3. The zero-order chi connectivity index (χ0) is 22.8. The van der Waals surface area contributed by atoms with E-state index in [-0.39, 0.29) is 5.91 Å². The lowest BCUT2D eigenvalue weighted by molar-refractivity contribution is -0.119. The van der Waals surface area contributed by atoms with Crippen molar-refractivity contribution in [1.29, 1.82) is 0 Å². The predicted octanol–water partition coefficient (Wildman–Crippen LogP) is 5.38. The monoisotopic (exact) mass is 574 g/mol. The third-order valence-corrected chi connectivity index (χ3v) is 6.53. The Morgan fingerprint density at radius 2 is 1.88 bits per heavy atom. The van der Waals surface area contributed by atoms with Gasteiger partial charge >= 0.3 is 0 Å². The van der Waals surface area contributed by atoms with Gasteiger partial charge in [-0.2, -0.15) is 0 Å². The number of carbonyl (C=O) groups is 1. The molecule has 4 rings (SSSR count). The number of thiocarbonyl (C=S) groups is 1. The van der Waals surface area contributed by atoms with Crippen LogP contribution in [0.1, 0.15) is 16.7 Å². The zero-order valence-corrected chi connectivity index (χ0v) is 21.1. The molecule has 1 amide bonds. The summed E-state index contributed by atoms with van der Waals surface area (Å²) in [6, 6.07) is 21.4. The molecule has 1 atom stereocenters. The van der Waals surface area contributed by atoms with Crippen LogP contribution in [0.25, 0.3) is 0 Å². The fourth-order valence-electron chi connectivity index (χ4n) is 3.49. The van der Waals surface area contributed by atoms with Crippen LogP contribution >= 0.6 is 46.4 Å². The van der Waals surface area contributed by atoms with Gasteiger partial charge in [-0.05, 0) is 77.6 Å². The molecule has 3 aromatic carbocycles. The molecule has 1 unspecified atom stereocenters. The highest BCUT2D eigenvalue weighted by Gasteiger charge is 2.30.